The molecule has 35 heavy (non-hydrogen) atoms. The normalized spacial score (nSPS) is 10.8. The highest BCUT2D eigenvalue weighted by Crippen LogP contribution is 2.26. The molecular formula is C28H25N5O2. The highest BCUT2D eigenvalue weighted by Gasteiger charge is 2.19. The summed E-state index contributed by atoms with van der Waals surface area (Å²) in [5.74, 6) is 0.503. The van der Waals surface area contributed by atoms with E-state index >= 15 is 0 Å². The van der Waals surface area contributed by atoms with Crippen molar-refractivity contribution >= 4 is 11.6 Å². The van der Waals surface area contributed by atoms with Crippen LogP contribution in [0.15, 0.2) is 104 Å². The highest BCUT2D eigenvalue weighted by atomic mass is 16.5. The van der Waals surface area contributed by atoms with E-state index in [0.717, 1.165) is 22.4 Å². The molecule has 0 bridgehead atoms. The van der Waals surface area contributed by atoms with Crippen molar-refractivity contribution in [2.24, 2.45) is 0 Å². The molecule has 0 aliphatic rings. The molecule has 0 saturated carbocycles. The van der Waals surface area contributed by atoms with Crippen LogP contribution in [0.3, 0.4) is 0 Å². The Kier molecular flexibility index (Phi) is 6.39. The number of nitrogens with one attached hydrogen (secondary N) is 1. The van der Waals surface area contributed by atoms with Crippen molar-refractivity contribution in [3.8, 4) is 17.0 Å². The van der Waals surface area contributed by atoms with Crippen molar-refractivity contribution in [1.29, 1.82) is 0 Å². The van der Waals surface area contributed by atoms with Gasteiger partial charge in [0.15, 0.2) is 0 Å². The summed E-state index contributed by atoms with van der Waals surface area (Å²) >= 11 is 0. The first-order valence-corrected chi connectivity index (χ1v) is 11.3. The molecule has 1 amide bonds. The van der Waals surface area contributed by atoms with E-state index < -0.39 is 0 Å². The summed E-state index contributed by atoms with van der Waals surface area (Å²) in [4.78, 5) is 13.3. The molecule has 0 unspecified atom stereocenters. The molecule has 7 nitrogen and oxygen atoms in total. The van der Waals surface area contributed by atoms with Crippen molar-refractivity contribution < 1.29 is 9.53 Å². The van der Waals surface area contributed by atoms with E-state index in [9.17, 15) is 4.79 Å². The molecule has 174 valence electrons. The average molecular weight is 464 g/mol. The van der Waals surface area contributed by atoms with Crippen LogP contribution < -0.4 is 10.1 Å². The maximum absolute atomic E-state index is 13.3. The number of carbonyl (C=O) groups is 1. The molecule has 0 saturated heterocycles. The van der Waals surface area contributed by atoms with Gasteiger partial charge in [0, 0.05) is 18.0 Å². The summed E-state index contributed by atoms with van der Waals surface area (Å²) < 4.78 is 8.87. The van der Waals surface area contributed by atoms with Crippen molar-refractivity contribution in [3.63, 3.8) is 0 Å². The standard InChI is InChI=1S/C28H25N5O2/c1-35-25-14-12-23(13-15-25)27-26(20-33(31-27)18-22-10-6-3-7-11-22)28(34)30-24-16-29-32(19-24)17-21-8-4-2-5-9-21/h2-16,19-20H,17-18H2,1H3,(H,30,34). The van der Waals surface area contributed by atoms with Gasteiger partial charge in [-0.2, -0.15) is 10.2 Å². The second-order valence-corrected chi connectivity index (χ2v) is 8.17. The van der Waals surface area contributed by atoms with Gasteiger partial charge in [0.05, 0.1) is 37.6 Å². The molecule has 5 rings (SSSR count). The second-order valence-electron chi connectivity index (χ2n) is 8.17. The van der Waals surface area contributed by atoms with Gasteiger partial charge >= 0.3 is 0 Å². The van der Waals surface area contributed by atoms with Crippen LogP contribution >= 0.6 is 0 Å². The molecule has 3 aromatic carbocycles. The zero-order valence-corrected chi connectivity index (χ0v) is 19.3. The summed E-state index contributed by atoms with van der Waals surface area (Å²) in [7, 11) is 1.63. The predicted molar refractivity (Wildman–Crippen MR) is 135 cm³/mol. The van der Waals surface area contributed by atoms with Crippen molar-refractivity contribution in [1.82, 2.24) is 19.6 Å². The summed E-state index contributed by atoms with van der Waals surface area (Å²) in [6.07, 6.45) is 5.27. The summed E-state index contributed by atoms with van der Waals surface area (Å²) in [6, 6.07) is 27.6. The Morgan fingerprint density at radius 1 is 0.829 bits per heavy atom. The summed E-state index contributed by atoms with van der Waals surface area (Å²) in [5, 5.41) is 12.1. The molecule has 0 fully saturated rings. The number of hydrogen-bond donors (Lipinski definition) is 1. The van der Waals surface area contributed by atoms with Crippen LogP contribution in [0.5, 0.6) is 5.75 Å². The van der Waals surface area contributed by atoms with Gasteiger partial charge in [-0.3, -0.25) is 14.2 Å². The van der Waals surface area contributed by atoms with E-state index in [1.54, 1.807) is 28.9 Å². The average Bonchev–Trinajstić information content (AvgIpc) is 3.52. The minimum Gasteiger partial charge on any atom is -0.497 e. The zero-order valence-electron chi connectivity index (χ0n) is 19.3. The lowest BCUT2D eigenvalue weighted by Gasteiger charge is -2.05. The van der Waals surface area contributed by atoms with Gasteiger partial charge in [-0.25, -0.2) is 0 Å². The molecule has 5 aromatic rings. The van der Waals surface area contributed by atoms with E-state index in [-0.39, 0.29) is 5.91 Å². The Hall–Kier alpha value is -4.65. The van der Waals surface area contributed by atoms with Crippen LogP contribution in [-0.4, -0.2) is 32.6 Å². The minimum atomic E-state index is -0.241. The molecule has 2 aromatic heterocycles. The molecule has 0 aliphatic heterocycles. The van der Waals surface area contributed by atoms with Crippen LogP contribution in [0.4, 0.5) is 5.69 Å². The lowest BCUT2D eigenvalue weighted by molar-refractivity contribution is 0.102. The maximum atomic E-state index is 13.3. The molecule has 0 radical (unpaired) electrons. The van der Waals surface area contributed by atoms with Crippen LogP contribution in [0.1, 0.15) is 21.5 Å². The SMILES string of the molecule is COc1ccc(-c2nn(Cc3ccccc3)cc2C(=O)Nc2cnn(Cc3ccccc3)c2)cc1. The van der Waals surface area contributed by atoms with E-state index in [1.165, 1.54) is 0 Å². The van der Waals surface area contributed by atoms with E-state index in [0.29, 0.717) is 30.0 Å². The molecule has 0 atom stereocenters. The number of anilines is 1. The van der Waals surface area contributed by atoms with E-state index in [1.807, 2.05) is 91.1 Å². The predicted octanol–water partition coefficient (Wildman–Crippen LogP) is 5.10. The molecular weight excluding hydrogens is 438 g/mol. The number of benzene rings is 3. The van der Waals surface area contributed by atoms with Crippen LogP contribution in [0.2, 0.25) is 0 Å². The third-order valence-electron chi connectivity index (χ3n) is 5.64. The summed E-state index contributed by atoms with van der Waals surface area (Å²) in [5.41, 5.74) is 4.80. The van der Waals surface area contributed by atoms with Gasteiger partial charge in [-0.1, -0.05) is 60.7 Å². The fourth-order valence-corrected chi connectivity index (χ4v) is 3.88. The largest absolute Gasteiger partial charge is 0.497 e. The summed E-state index contributed by atoms with van der Waals surface area (Å²) in [6.45, 7) is 1.19. The Labute approximate surface area is 203 Å². The lowest BCUT2D eigenvalue weighted by Crippen LogP contribution is -2.12. The van der Waals surface area contributed by atoms with Crippen molar-refractivity contribution in [2.75, 3.05) is 12.4 Å². The molecule has 7 heteroatoms. The van der Waals surface area contributed by atoms with Crippen LogP contribution in [0, 0.1) is 0 Å². The van der Waals surface area contributed by atoms with Gasteiger partial charge < -0.3 is 10.1 Å². The topological polar surface area (TPSA) is 74.0 Å². The minimum absolute atomic E-state index is 0.241. The highest BCUT2D eigenvalue weighted by molar-refractivity contribution is 6.07. The fourth-order valence-electron chi connectivity index (χ4n) is 3.88. The molecule has 2 heterocycles. The Morgan fingerprint density at radius 3 is 2.09 bits per heavy atom. The second kappa shape index (κ2) is 10.1. The first-order chi connectivity index (χ1) is 17.2. The van der Waals surface area contributed by atoms with E-state index in [2.05, 4.69) is 10.4 Å². The number of hydrogen-bond acceptors (Lipinski definition) is 4. The van der Waals surface area contributed by atoms with Gasteiger partial charge in [0.25, 0.3) is 5.91 Å². The number of amides is 1. The number of rotatable bonds is 8. The smallest absolute Gasteiger partial charge is 0.259 e. The van der Waals surface area contributed by atoms with Gasteiger partial charge in [0.1, 0.15) is 11.4 Å². The van der Waals surface area contributed by atoms with Crippen LogP contribution in [-0.2, 0) is 13.1 Å². The van der Waals surface area contributed by atoms with Gasteiger partial charge in [-0.15, -0.1) is 0 Å². The molecule has 1 N–H and O–H groups in total. The third-order valence-corrected chi connectivity index (χ3v) is 5.64. The van der Waals surface area contributed by atoms with Gasteiger partial charge in [0.2, 0.25) is 0 Å². The Bertz CT molecular complexity index is 1410. The Morgan fingerprint density at radius 2 is 1.46 bits per heavy atom. The number of nitrogens with zero attached hydrogens (tertiary/aromatic N) is 4. The monoisotopic (exact) mass is 463 g/mol. The first-order valence-electron chi connectivity index (χ1n) is 11.3. The Balaban J connectivity index is 1.40. The zero-order chi connectivity index (χ0) is 24.0. The van der Waals surface area contributed by atoms with Crippen molar-refractivity contribution in [3.05, 3.63) is 120 Å². The van der Waals surface area contributed by atoms with Gasteiger partial charge in [-0.05, 0) is 35.4 Å². The number of methoxy groups -OCH3 is 1. The molecule has 0 aliphatic carbocycles. The van der Waals surface area contributed by atoms with Crippen molar-refractivity contribution in [2.45, 2.75) is 13.1 Å². The number of carbonyl (C=O) groups excluding carboxylic acids is 1. The fraction of sp³-hybridized carbons (Fsp3) is 0.107. The number of ether oxygens (including phenoxy) is 1. The van der Waals surface area contributed by atoms with E-state index in [4.69, 9.17) is 9.84 Å². The number of aromatic nitrogens is 4. The lowest BCUT2D eigenvalue weighted by atomic mass is 10.1. The molecule has 0 spiro atoms. The first kappa shape index (κ1) is 22.2. The maximum Gasteiger partial charge on any atom is 0.259 e. The quantitative estimate of drug-likeness (QED) is 0.347. The third kappa shape index (κ3) is 5.30. The van der Waals surface area contributed by atoms with Crippen LogP contribution in [0.25, 0.3) is 11.3 Å².